The van der Waals surface area contributed by atoms with Crippen LogP contribution in [-0.2, 0) is 0 Å². The Morgan fingerprint density at radius 3 is 2.64 bits per heavy atom. The molecule has 1 atom stereocenters. The fourth-order valence-corrected chi connectivity index (χ4v) is 2.11. The molecule has 4 heteroatoms. The van der Waals surface area contributed by atoms with Crippen LogP contribution < -0.4 is 16.4 Å². The molecular weight excluding hydrogens is 178 g/mol. The fraction of sp³-hybridized carbons (Fsp3) is 0.900. The van der Waals surface area contributed by atoms with E-state index >= 15 is 0 Å². The number of urea groups is 1. The number of carbonyl (C=O) groups excluding carboxylic acids is 1. The van der Waals surface area contributed by atoms with E-state index in [1.807, 2.05) is 0 Å². The minimum Gasteiger partial charge on any atom is -0.352 e. The molecule has 0 bridgehead atoms. The van der Waals surface area contributed by atoms with Crippen LogP contribution in [0.25, 0.3) is 0 Å². The number of primary amides is 1. The van der Waals surface area contributed by atoms with Crippen LogP contribution in [0.5, 0.6) is 0 Å². The van der Waals surface area contributed by atoms with Crippen LogP contribution in [0.3, 0.4) is 0 Å². The molecule has 0 aliphatic heterocycles. The molecule has 0 aromatic heterocycles. The summed E-state index contributed by atoms with van der Waals surface area (Å²) in [5, 5.41) is 5.98. The Bertz CT molecular complexity index is 178. The summed E-state index contributed by atoms with van der Waals surface area (Å²) < 4.78 is 0. The van der Waals surface area contributed by atoms with E-state index in [2.05, 4.69) is 17.6 Å². The molecule has 0 aromatic carbocycles. The minimum atomic E-state index is -0.444. The second-order valence-corrected chi connectivity index (χ2v) is 4.08. The third-order valence-electron chi connectivity index (χ3n) is 3.00. The van der Waals surface area contributed by atoms with Gasteiger partial charge >= 0.3 is 6.03 Å². The van der Waals surface area contributed by atoms with Gasteiger partial charge < -0.3 is 16.4 Å². The number of rotatable bonds is 5. The van der Waals surface area contributed by atoms with E-state index in [4.69, 9.17) is 5.73 Å². The lowest BCUT2D eigenvalue weighted by Crippen LogP contribution is -2.40. The number of amides is 2. The molecule has 1 saturated carbocycles. The van der Waals surface area contributed by atoms with Gasteiger partial charge in [-0.3, -0.25) is 0 Å². The van der Waals surface area contributed by atoms with Gasteiger partial charge in [-0.1, -0.05) is 12.8 Å². The average molecular weight is 199 g/mol. The number of hydrogen-bond acceptors (Lipinski definition) is 2. The van der Waals surface area contributed by atoms with Gasteiger partial charge in [0.2, 0.25) is 0 Å². The van der Waals surface area contributed by atoms with E-state index in [0.717, 1.165) is 12.5 Å². The highest BCUT2D eigenvalue weighted by Gasteiger charge is 2.20. The van der Waals surface area contributed by atoms with Gasteiger partial charge in [0.1, 0.15) is 0 Å². The normalized spacial score (nSPS) is 19.5. The first-order chi connectivity index (χ1) is 6.70. The molecule has 14 heavy (non-hydrogen) atoms. The predicted molar refractivity (Wildman–Crippen MR) is 57.0 cm³/mol. The van der Waals surface area contributed by atoms with Crippen LogP contribution in [0.1, 0.15) is 32.6 Å². The van der Waals surface area contributed by atoms with E-state index in [0.29, 0.717) is 12.6 Å². The van der Waals surface area contributed by atoms with Crippen LogP contribution >= 0.6 is 0 Å². The topological polar surface area (TPSA) is 67.2 Å². The first kappa shape index (κ1) is 11.3. The molecule has 1 aliphatic carbocycles. The van der Waals surface area contributed by atoms with Crippen molar-refractivity contribution in [2.45, 2.75) is 38.6 Å². The Hall–Kier alpha value is -0.770. The second-order valence-electron chi connectivity index (χ2n) is 4.08. The summed E-state index contributed by atoms with van der Waals surface area (Å²) in [5.74, 6) is 0.823. The van der Waals surface area contributed by atoms with Crippen molar-refractivity contribution in [1.29, 1.82) is 0 Å². The highest BCUT2D eigenvalue weighted by atomic mass is 16.2. The highest BCUT2D eigenvalue weighted by molar-refractivity contribution is 5.71. The van der Waals surface area contributed by atoms with Gasteiger partial charge in [-0.15, -0.1) is 0 Å². The molecule has 4 nitrogen and oxygen atoms in total. The maximum Gasteiger partial charge on any atom is 0.312 e. The summed E-state index contributed by atoms with van der Waals surface area (Å²) in [6, 6.07) is 0.118. The quantitative estimate of drug-likeness (QED) is 0.574. The maximum atomic E-state index is 10.4. The van der Waals surface area contributed by atoms with Crippen molar-refractivity contribution in [3.8, 4) is 0 Å². The van der Waals surface area contributed by atoms with Gasteiger partial charge in [0.05, 0.1) is 0 Å². The third-order valence-corrected chi connectivity index (χ3v) is 3.00. The first-order valence-corrected chi connectivity index (χ1v) is 5.47. The van der Waals surface area contributed by atoms with Crippen molar-refractivity contribution in [3.05, 3.63) is 0 Å². The molecule has 0 spiro atoms. The molecule has 0 aromatic rings. The van der Waals surface area contributed by atoms with Gasteiger partial charge in [-0.2, -0.15) is 0 Å². The Balaban J connectivity index is 2.02. The van der Waals surface area contributed by atoms with E-state index in [1.54, 1.807) is 0 Å². The Kier molecular flexibility index (Phi) is 4.73. The van der Waals surface area contributed by atoms with Gasteiger partial charge in [0.15, 0.2) is 0 Å². The van der Waals surface area contributed by atoms with Gasteiger partial charge in [-0.25, -0.2) is 4.79 Å². The molecule has 0 saturated heterocycles. The van der Waals surface area contributed by atoms with Crippen molar-refractivity contribution >= 4 is 6.03 Å². The van der Waals surface area contributed by atoms with Gasteiger partial charge in [0, 0.05) is 19.1 Å². The van der Waals surface area contributed by atoms with Crippen molar-refractivity contribution in [2.24, 2.45) is 11.7 Å². The van der Waals surface area contributed by atoms with Crippen molar-refractivity contribution in [1.82, 2.24) is 10.6 Å². The molecule has 2 amide bonds. The van der Waals surface area contributed by atoms with Crippen LogP contribution in [0.2, 0.25) is 0 Å². The van der Waals surface area contributed by atoms with Gasteiger partial charge in [-0.05, 0) is 25.7 Å². The number of nitrogens with one attached hydrogen (secondary N) is 2. The molecule has 1 aliphatic rings. The van der Waals surface area contributed by atoms with E-state index in [1.165, 1.54) is 25.7 Å². The molecule has 1 unspecified atom stereocenters. The summed E-state index contributed by atoms with van der Waals surface area (Å²) >= 11 is 0. The summed E-state index contributed by atoms with van der Waals surface area (Å²) in [5.41, 5.74) is 4.95. The lowest BCUT2D eigenvalue weighted by Gasteiger charge is -2.20. The minimum absolute atomic E-state index is 0.444. The molecule has 1 rings (SSSR count). The third kappa shape index (κ3) is 3.96. The lowest BCUT2D eigenvalue weighted by molar-refractivity contribution is 0.248. The standard InChI is InChI=1S/C10H21N3O/c1-8(9-4-2-3-5-9)12-6-7-13-10(11)14/h8-9,12H,2-7H2,1H3,(H3,11,13,14). The predicted octanol–water partition coefficient (Wildman–Crippen LogP) is 0.823. The van der Waals surface area contributed by atoms with Crippen LogP contribution in [0.15, 0.2) is 0 Å². The highest BCUT2D eigenvalue weighted by Crippen LogP contribution is 2.27. The van der Waals surface area contributed by atoms with Gasteiger partial charge in [0.25, 0.3) is 0 Å². The summed E-state index contributed by atoms with van der Waals surface area (Å²) in [4.78, 5) is 10.4. The monoisotopic (exact) mass is 199 g/mol. The van der Waals surface area contributed by atoms with Crippen molar-refractivity contribution in [3.63, 3.8) is 0 Å². The average Bonchev–Trinajstić information content (AvgIpc) is 2.64. The largest absolute Gasteiger partial charge is 0.352 e. The Morgan fingerprint density at radius 2 is 2.07 bits per heavy atom. The molecular formula is C10H21N3O. The van der Waals surface area contributed by atoms with E-state index < -0.39 is 6.03 Å². The zero-order chi connectivity index (χ0) is 10.4. The van der Waals surface area contributed by atoms with Crippen LogP contribution in [-0.4, -0.2) is 25.2 Å². The zero-order valence-corrected chi connectivity index (χ0v) is 8.88. The fourth-order valence-electron chi connectivity index (χ4n) is 2.11. The Labute approximate surface area is 85.6 Å². The van der Waals surface area contributed by atoms with Crippen molar-refractivity contribution < 1.29 is 4.79 Å². The molecule has 0 heterocycles. The summed E-state index contributed by atoms with van der Waals surface area (Å²) in [6.07, 6.45) is 5.43. The number of carbonyl (C=O) groups is 1. The molecule has 82 valence electrons. The first-order valence-electron chi connectivity index (χ1n) is 5.47. The SMILES string of the molecule is CC(NCCNC(N)=O)C1CCCC1. The van der Waals surface area contributed by atoms with Crippen molar-refractivity contribution in [2.75, 3.05) is 13.1 Å². The number of hydrogen-bond donors (Lipinski definition) is 3. The smallest absolute Gasteiger partial charge is 0.312 e. The van der Waals surface area contributed by atoms with Crippen LogP contribution in [0, 0.1) is 5.92 Å². The molecule has 0 radical (unpaired) electrons. The second kappa shape index (κ2) is 5.86. The zero-order valence-electron chi connectivity index (χ0n) is 8.88. The van der Waals surface area contributed by atoms with E-state index in [-0.39, 0.29) is 0 Å². The molecule has 1 fully saturated rings. The molecule has 4 N–H and O–H groups in total. The summed E-state index contributed by atoms with van der Waals surface area (Å²) in [7, 11) is 0. The number of nitrogens with two attached hydrogens (primary N) is 1. The Morgan fingerprint density at radius 1 is 1.43 bits per heavy atom. The van der Waals surface area contributed by atoms with Crippen LogP contribution in [0.4, 0.5) is 4.79 Å². The summed E-state index contributed by atoms with van der Waals surface area (Å²) in [6.45, 7) is 3.65. The lowest BCUT2D eigenvalue weighted by atomic mass is 10.00. The maximum absolute atomic E-state index is 10.4. The van der Waals surface area contributed by atoms with E-state index in [9.17, 15) is 4.79 Å².